The van der Waals surface area contributed by atoms with Crippen LogP contribution in [0.5, 0.6) is 0 Å². The third-order valence-corrected chi connectivity index (χ3v) is 7.46. The van der Waals surface area contributed by atoms with E-state index >= 15 is 0 Å². The topological polar surface area (TPSA) is 79.8 Å². The fourth-order valence-corrected chi connectivity index (χ4v) is 5.04. The molecule has 0 radical (unpaired) electrons. The van der Waals surface area contributed by atoms with Crippen molar-refractivity contribution in [2.75, 3.05) is 26.7 Å². The molecule has 0 saturated carbocycles. The first kappa shape index (κ1) is 20.8. The lowest BCUT2D eigenvalue weighted by molar-refractivity contribution is 0.302. The van der Waals surface area contributed by atoms with Gasteiger partial charge in [-0.1, -0.05) is 35.5 Å². The summed E-state index contributed by atoms with van der Waals surface area (Å²) in [6, 6.07) is 13.4. The SMILES string of the molecule is Cc1noc(-c2ccc(S(=O)(=O)N(C)CC3CCN(Cc4ccccc4)C3)o2)c1C. The van der Waals surface area contributed by atoms with Gasteiger partial charge in [0.05, 0.1) is 5.69 Å². The second-order valence-corrected chi connectivity index (χ2v) is 9.98. The summed E-state index contributed by atoms with van der Waals surface area (Å²) in [6.07, 6.45) is 0.979. The van der Waals surface area contributed by atoms with Crippen molar-refractivity contribution in [2.24, 2.45) is 5.92 Å². The van der Waals surface area contributed by atoms with Gasteiger partial charge in [-0.05, 0) is 50.4 Å². The van der Waals surface area contributed by atoms with Gasteiger partial charge in [-0.15, -0.1) is 0 Å². The number of benzene rings is 1. The van der Waals surface area contributed by atoms with Crippen molar-refractivity contribution in [3.05, 3.63) is 59.3 Å². The average molecular weight is 430 g/mol. The molecule has 1 aromatic carbocycles. The minimum atomic E-state index is -3.71. The molecule has 4 rings (SSSR count). The van der Waals surface area contributed by atoms with E-state index in [2.05, 4.69) is 22.2 Å². The normalized spacial score (nSPS) is 17.8. The van der Waals surface area contributed by atoms with E-state index in [9.17, 15) is 8.42 Å². The molecule has 7 nitrogen and oxygen atoms in total. The number of hydrogen-bond donors (Lipinski definition) is 0. The highest BCUT2D eigenvalue weighted by molar-refractivity contribution is 7.89. The lowest BCUT2D eigenvalue weighted by atomic mass is 10.1. The second kappa shape index (κ2) is 8.37. The van der Waals surface area contributed by atoms with Crippen LogP contribution in [0.1, 0.15) is 23.2 Å². The Kier molecular flexibility index (Phi) is 5.81. The predicted molar refractivity (Wildman–Crippen MR) is 113 cm³/mol. The Bertz CT molecular complexity index is 1100. The van der Waals surface area contributed by atoms with E-state index in [-0.39, 0.29) is 5.09 Å². The third kappa shape index (κ3) is 4.21. The van der Waals surface area contributed by atoms with Gasteiger partial charge in [-0.25, -0.2) is 8.42 Å². The minimum absolute atomic E-state index is 0.0763. The molecule has 8 heteroatoms. The first-order chi connectivity index (χ1) is 14.3. The van der Waals surface area contributed by atoms with Gasteiger partial charge in [-0.3, -0.25) is 4.90 Å². The molecule has 2 aromatic heterocycles. The first-order valence-electron chi connectivity index (χ1n) is 10.1. The van der Waals surface area contributed by atoms with Crippen LogP contribution in [0.3, 0.4) is 0 Å². The molecular formula is C22H27N3O4S. The van der Waals surface area contributed by atoms with Gasteiger partial charge >= 0.3 is 0 Å². The van der Waals surface area contributed by atoms with E-state index in [4.69, 9.17) is 8.94 Å². The number of furan rings is 1. The van der Waals surface area contributed by atoms with Gasteiger partial charge in [0.1, 0.15) is 0 Å². The Hall–Kier alpha value is -2.42. The van der Waals surface area contributed by atoms with E-state index in [0.717, 1.165) is 37.3 Å². The molecular weight excluding hydrogens is 402 g/mol. The highest BCUT2D eigenvalue weighted by Crippen LogP contribution is 2.30. The van der Waals surface area contributed by atoms with Gasteiger partial charge in [0.2, 0.25) is 10.9 Å². The van der Waals surface area contributed by atoms with Crippen molar-refractivity contribution < 1.29 is 17.4 Å². The van der Waals surface area contributed by atoms with E-state index in [1.54, 1.807) is 13.1 Å². The zero-order chi connectivity index (χ0) is 21.3. The zero-order valence-corrected chi connectivity index (χ0v) is 18.4. The Labute approximate surface area is 177 Å². The van der Waals surface area contributed by atoms with Crippen molar-refractivity contribution in [1.82, 2.24) is 14.4 Å². The standard InChI is InChI=1S/C22H27N3O4S/c1-16-17(2)23-29-22(16)20-9-10-21(28-20)30(26,27)24(3)13-19-11-12-25(15-19)14-18-7-5-4-6-8-18/h4-10,19H,11-15H2,1-3H3. The van der Waals surface area contributed by atoms with Crippen LogP contribution in [0, 0.1) is 19.8 Å². The van der Waals surface area contributed by atoms with Gasteiger partial charge in [0, 0.05) is 32.2 Å². The van der Waals surface area contributed by atoms with E-state index in [1.165, 1.54) is 15.9 Å². The van der Waals surface area contributed by atoms with Crippen LogP contribution in [0.15, 0.2) is 56.5 Å². The van der Waals surface area contributed by atoms with Gasteiger partial charge in [-0.2, -0.15) is 4.31 Å². The molecule has 0 spiro atoms. The highest BCUT2D eigenvalue weighted by Gasteiger charge is 2.31. The van der Waals surface area contributed by atoms with Crippen molar-refractivity contribution in [3.63, 3.8) is 0 Å². The smallest absolute Gasteiger partial charge is 0.276 e. The molecule has 1 fully saturated rings. The van der Waals surface area contributed by atoms with Crippen LogP contribution in [-0.4, -0.2) is 49.5 Å². The molecule has 3 heterocycles. The number of sulfonamides is 1. The monoisotopic (exact) mass is 429 g/mol. The van der Waals surface area contributed by atoms with Crippen molar-refractivity contribution in [3.8, 4) is 11.5 Å². The molecule has 1 aliphatic rings. The maximum Gasteiger partial charge on any atom is 0.276 e. The third-order valence-electron chi connectivity index (χ3n) is 5.76. The molecule has 160 valence electrons. The highest BCUT2D eigenvalue weighted by atomic mass is 32.2. The number of likely N-dealkylation sites (tertiary alicyclic amines) is 1. The number of aromatic nitrogens is 1. The fourth-order valence-electron chi connectivity index (χ4n) is 3.89. The molecule has 0 bridgehead atoms. The Morgan fingerprint density at radius 1 is 1.17 bits per heavy atom. The first-order valence-corrected chi connectivity index (χ1v) is 11.5. The molecule has 0 aliphatic carbocycles. The van der Waals surface area contributed by atoms with E-state index < -0.39 is 10.0 Å². The number of hydrogen-bond acceptors (Lipinski definition) is 6. The fraction of sp³-hybridized carbons (Fsp3) is 0.409. The van der Waals surface area contributed by atoms with Crippen molar-refractivity contribution >= 4 is 10.0 Å². The maximum atomic E-state index is 13.0. The predicted octanol–water partition coefficient (Wildman–Crippen LogP) is 3.69. The quantitative estimate of drug-likeness (QED) is 0.570. The zero-order valence-electron chi connectivity index (χ0n) is 17.5. The summed E-state index contributed by atoms with van der Waals surface area (Å²) in [5.41, 5.74) is 2.87. The molecule has 1 saturated heterocycles. The molecule has 0 amide bonds. The summed E-state index contributed by atoms with van der Waals surface area (Å²) in [6.45, 7) is 6.91. The van der Waals surface area contributed by atoms with Crippen LogP contribution in [0.4, 0.5) is 0 Å². The average Bonchev–Trinajstić information content (AvgIpc) is 3.45. The lowest BCUT2D eigenvalue weighted by Crippen LogP contribution is -2.33. The van der Waals surface area contributed by atoms with Crippen molar-refractivity contribution in [1.29, 1.82) is 0 Å². The van der Waals surface area contributed by atoms with Crippen molar-refractivity contribution in [2.45, 2.75) is 31.9 Å². The van der Waals surface area contributed by atoms with Crippen LogP contribution < -0.4 is 0 Å². The summed E-state index contributed by atoms with van der Waals surface area (Å²) in [7, 11) is -2.10. The molecule has 1 aliphatic heterocycles. The second-order valence-electron chi connectivity index (χ2n) is 8.00. The number of nitrogens with zero attached hydrogens (tertiary/aromatic N) is 3. The number of aryl methyl sites for hydroxylation is 1. The Morgan fingerprint density at radius 3 is 2.63 bits per heavy atom. The van der Waals surface area contributed by atoms with E-state index in [0.29, 0.717) is 24.0 Å². The molecule has 30 heavy (non-hydrogen) atoms. The molecule has 1 unspecified atom stereocenters. The van der Waals surface area contributed by atoms with E-state index in [1.807, 2.05) is 32.0 Å². The maximum absolute atomic E-state index is 13.0. The van der Waals surface area contributed by atoms with Gasteiger partial charge < -0.3 is 8.94 Å². The Morgan fingerprint density at radius 2 is 1.93 bits per heavy atom. The van der Waals surface area contributed by atoms with Gasteiger partial charge in [0.25, 0.3) is 10.0 Å². The molecule has 3 aromatic rings. The van der Waals surface area contributed by atoms with Crippen LogP contribution in [0.25, 0.3) is 11.5 Å². The van der Waals surface area contributed by atoms with Crippen LogP contribution >= 0.6 is 0 Å². The summed E-state index contributed by atoms with van der Waals surface area (Å²) in [4.78, 5) is 2.38. The van der Waals surface area contributed by atoms with Gasteiger partial charge in [0.15, 0.2) is 5.76 Å². The summed E-state index contributed by atoms with van der Waals surface area (Å²) in [5.74, 6) is 1.13. The number of rotatable bonds is 7. The summed E-state index contributed by atoms with van der Waals surface area (Å²) < 4.78 is 38.3. The minimum Gasteiger partial charge on any atom is -0.440 e. The summed E-state index contributed by atoms with van der Waals surface area (Å²) >= 11 is 0. The molecule has 1 atom stereocenters. The molecule has 0 N–H and O–H groups in total. The van der Waals surface area contributed by atoms with Crippen LogP contribution in [-0.2, 0) is 16.6 Å². The summed E-state index contributed by atoms with van der Waals surface area (Å²) in [5, 5.41) is 3.83. The van der Waals surface area contributed by atoms with Crippen LogP contribution in [0.2, 0.25) is 0 Å². The lowest BCUT2D eigenvalue weighted by Gasteiger charge is -2.20. The largest absolute Gasteiger partial charge is 0.440 e. The Balaban J connectivity index is 1.40.